The van der Waals surface area contributed by atoms with Crippen molar-refractivity contribution in [3.05, 3.63) is 101 Å². The van der Waals surface area contributed by atoms with Crippen molar-refractivity contribution in [3.63, 3.8) is 0 Å². The number of aromatic nitrogens is 3. The highest BCUT2D eigenvalue weighted by Crippen LogP contribution is 2.42. The Labute approximate surface area is 239 Å². The molecular weight excluding hydrogens is 557 g/mol. The lowest BCUT2D eigenvalue weighted by Crippen LogP contribution is -2.47. The molecule has 8 nitrogen and oxygen atoms in total. The van der Waals surface area contributed by atoms with E-state index in [-0.39, 0.29) is 36.1 Å². The molecule has 12 heteroatoms. The minimum atomic E-state index is -1.55. The van der Waals surface area contributed by atoms with Gasteiger partial charge in [-0.1, -0.05) is 24.3 Å². The van der Waals surface area contributed by atoms with Gasteiger partial charge >= 0.3 is 5.97 Å². The fourth-order valence-electron chi connectivity index (χ4n) is 4.38. The molecule has 0 bridgehead atoms. The number of benzene rings is 2. The first-order chi connectivity index (χ1) is 19.7. The van der Waals surface area contributed by atoms with Crippen LogP contribution in [-0.2, 0) is 31.2 Å². The minimum Gasteiger partial charge on any atom is -0.451 e. The second-order valence-corrected chi connectivity index (χ2v) is 10.9. The maximum atomic E-state index is 15.1. The summed E-state index contributed by atoms with van der Waals surface area (Å²) >= 11 is 1.38. The van der Waals surface area contributed by atoms with Crippen molar-refractivity contribution in [2.75, 3.05) is 13.2 Å². The summed E-state index contributed by atoms with van der Waals surface area (Å²) in [6.45, 7) is 3.51. The molecule has 2 heterocycles. The molecule has 0 N–H and O–H groups in total. The van der Waals surface area contributed by atoms with E-state index in [4.69, 9.17) is 19.5 Å². The monoisotopic (exact) mass is 584 g/mol. The van der Waals surface area contributed by atoms with Crippen molar-refractivity contribution < 1.29 is 32.2 Å². The van der Waals surface area contributed by atoms with Gasteiger partial charge in [0.25, 0.3) is 0 Å². The summed E-state index contributed by atoms with van der Waals surface area (Å²) in [5.41, 5.74) is -0.963. The predicted octanol–water partition coefficient (Wildman–Crippen LogP) is 5.16. The second kappa shape index (κ2) is 13.6. The zero-order valence-corrected chi connectivity index (χ0v) is 23.1. The number of hydrogen-bond acceptors (Lipinski definition) is 8. The van der Waals surface area contributed by atoms with E-state index in [1.165, 1.54) is 60.3 Å². The van der Waals surface area contributed by atoms with Gasteiger partial charge in [-0.2, -0.15) is 10.4 Å². The van der Waals surface area contributed by atoms with Gasteiger partial charge in [-0.15, -0.1) is 11.8 Å². The molecule has 3 aromatic rings. The van der Waals surface area contributed by atoms with E-state index in [0.717, 1.165) is 12.1 Å². The van der Waals surface area contributed by atoms with Crippen molar-refractivity contribution in [1.29, 1.82) is 5.26 Å². The molecular formula is C29H27F3N4O4S. The summed E-state index contributed by atoms with van der Waals surface area (Å²) in [4.78, 5) is 16.2. The van der Waals surface area contributed by atoms with Crippen LogP contribution in [0.5, 0.6) is 0 Å². The molecule has 1 saturated heterocycles. The van der Waals surface area contributed by atoms with Crippen LogP contribution in [0.3, 0.4) is 0 Å². The number of hydrogen-bond donors (Lipinski definition) is 0. The third-order valence-electron chi connectivity index (χ3n) is 6.31. The normalized spacial score (nSPS) is 19.6. The molecule has 1 fully saturated rings. The molecule has 214 valence electrons. The first kappa shape index (κ1) is 30.0. The van der Waals surface area contributed by atoms with Crippen molar-refractivity contribution in [3.8, 4) is 6.07 Å². The quantitative estimate of drug-likeness (QED) is 0.238. The fraction of sp³-hybridized carbons (Fsp3) is 0.310. The number of esters is 1. The molecule has 1 aliphatic rings. The summed E-state index contributed by atoms with van der Waals surface area (Å²) in [5, 5.41) is 12.2. The van der Waals surface area contributed by atoms with Gasteiger partial charge in [0, 0.05) is 29.4 Å². The second-order valence-electron chi connectivity index (χ2n) is 9.23. The Morgan fingerprint density at radius 2 is 2.00 bits per heavy atom. The number of halogens is 3. The molecule has 0 radical (unpaired) electrons. The minimum absolute atomic E-state index is 0.00791. The molecule has 0 amide bonds. The van der Waals surface area contributed by atoms with Crippen LogP contribution >= 0.6 is 11.8 Å². The highest BCUT2D eigenvalue weighted by atomic mass is 32.2. The number of thioether (sulfide) groups is 1. The van der Waals surface area contributed by atoms with Gasteiger partial charge in [0.2, 0.25) is 0 Å². The number of nitrogens with zero attached hydrogens (tertiary/aromatic N) is 4. The maximum Gasteiger partial charge on any atom is 0.303 e. The van der Waals surface area contributed by atoms with Crippen molar-refractivity contribution >= 4 is 23.8 Å². The van der Waals surface area contributed by atoms with Gasteiger partial charge in [0.05, 0.1) is 36.6 Å². The molecule has 0 saturated carbocycles. The number of nitriles is 1. The lowest BCUT2D eigenvalue weighted by molar-refractivity contribution is -0.160. The maximum absolute atomic E-state index is 15.1. The average Bonchev–Trinajstić information content (AvgIpc) is 3.45. The third-order valence-corrected chi connectivity index (χ3v) is 7.75. The summed E-state index contributed by atoms with van der Waals surface area (Å²) in [5.74, 6) is -2.75. The third kappa shape index (κ3) is 7.64. The average molecular weight is 585 g/mol. The van der Waals surface area contributed by atoms with Crippen LogP contribution in [0.4, 0.5) is 13.2 Å². The van der Waals surface area contributed by atoms with Crippen LogP contribution < -0.4 is 0 Å². The Morgan fingerprint density at radius 3 is 2.63 bits per heavy atom. The molecule has 41 heavy (non-hydrogen) atoms. The zero-order chi connectivity index (χ0) is 29.4. The van der Waals surface area contributed by atoms with Gasteiger partial charge in [0.15, 0.2) is 11.9 Å². The van der Waals surface area contributed by atoms with E-state index in [1.807, 2.05) is 6.07 Å². The van der Waals surface area contributed by atoms with Crippen LogP contribution in [0.2, 0.25) is 0 Å². The van der Waals surface area contributed by atoms with E-state index >= 15 is 4.39 Å². The molecule has 4 rings (SSSR count). The van der Waals surface area contributed by atoms with Crippen molar-refractivity contribution in [2.24, 2.45) is 0 Å². The Balaban J connectivity index is 1.44. The molecule has 0 aliphatic carbocycles. The number of rotatable bonds is 10. The predicted molar refractivity (Wildman–Crippen MR) is 146 cm³/mol. The first-order valence-corrected chi connectivity index (χ1v) is 13.5. The van der Waals surface area contributed by atoms with Gasteiger partial charge in [-0.3, -0.25) is 4.79 Å². The Bertz CT molecular complexity index is 1450. The molecule has 2 atom stereocenters. The topological polar surface area (TPSA) is 99.3 Å². The smallest absolute Gasteiger partial charge is 0.303 e. The van der Waals surface area contributed by atoms with Gasteiger partial charge in [-0.25, -0.2) is 22.8 Å². The number of ether oxygens (including phenoxy) is 3. The molecule has 0 spiro atoms. The largest absolute Gasteiger partial charge is 0.451 e. The zero-order valence-electron chi connectivity index (χ0n) is 22.2. The van der Waals surface area contributed by atoms with E-state index in [2.05, 4.69) is 10.1 Å². The van der Waals surface area contributed by atoms with Crippen LogP contribution in [0.25, 0.3) is 6.08 Å². The number of allylic oxidation sites excluding steroid dienone is 2. The molecule has 2 aromatic carbocycles. The van der Waals surface area contributed by atoms with E-state index in [1.54, 1.807) is 31.2 Å². The summed E-state index contributed by atoms with van der Waals surface area (Å²) in [7, 11) is 0. The van der Waals surface area contributed by atoms with Crippen LogP contribution in [0.1, 0.15) is 30.5 Å². The highest BCUT2D eigenvalue weighted by Gasteiger charge is 2.46. The highest BCUT2D eigenvalue weighted by molar-refractivity contribution is 8.00. The lowest BCUT2D eigenvalue weighted by atomic mass is 9.89. The summed E-state index contributed by atoms with van der Waals surface area (Å²) in [6.07, 6.45) is 8.63. The van der Waals surface area contributed by atoms with E-state index < -0.39 is 40.6 Å². The molecule has 0 unspecified atom stereocenters. The van der Waals surface area contributed by atoms with Gasteiger partial charge < -0.3 is 14.2 Å². The van der Waals surface area contributed by atoms with Crippen molar-refractivity contribution in [2.45, 2.75) is 42.8 Å². The van der Waals surface area contributed by atoms with Crippen LogP contribution in [-0.4, -0.2) is 50.7 Å². The van der Waals surface area contributed by atoms with Gasteiger partial charge in [0.1, 0.15) is 30.1 Å². The first-order valence-electron chi connectivity index (χ1n) is 12.6. The molecule has 1 aromatic heterocycles. The Morgan fingerprint density at radius 1 is 1.22 bits per heavy atom. The molecule has 1 aliphatic heterocycles. The fourth-order valence-corrected chi connectivity index (χ4v) is 5.74. The standard InChI is InChI=1S/C29H27F3N4O4S/c1-19(29(40-20(2)37,16-36-18-34-17-35-36)25-10-9-23(30)12-27(25)32)41-24-14-38-28(39-15-24)6-4-3-5-22-8-7-21(13-33)11-26(22)31/h3-12,17-19,24,28H,14-16H2,1-2H3/b5-3+,6-4+/t19-,24?,28?,29-/m1/s1. The number of carbonyl (C=O) groups is 1. The van der Waals surface area contributed by atoms with E-state index in [9.17, 15) is 13.6 Å². The Kier molecular flexibility index (Phi) is 9.99. The summed E-state index contributed by atoms with van der Waals surface area (Å²) in [6, 6.07) is 9.24. The van der Waals surface area contributed by atoms with Gasteiger partial charge in [-0.05, 0) is 37.3 Å². The van der Waals surface area contributed by atoms with Crippen LogP contribution in [0.15, 0.2) is 67.3 Å². The van der Waals surface area contributed by atoms with Crippen molar-refractivity contribution in [1.82, 2.24) is 14.8 Å². The lowest BCUT2D eigenvalue weighted by Gasteiger charge is -2.40. The van der Waals surface area contributed by atoms with E-state index in [0.29, 0.717) is 5.56 Å². The summed E-state index contributed by atoms with van der Waals surface area (Å²) < 4.78 is 61.8. The Hall–Kier alpha value is -3.92. The number of carbonyl (C=O) groups excluding carboxylic acids is 1. The SMILES string of the molecule is CC(=O)O[C@@](Cn1cncn1)(c1ccc(F)cc1F)[C@@H](C)SC1COC(/C=C/C=C/c2ccc(C#N)cc2F)OC1. The van der Waals surface area contributed by atoms with Crippen LogP contribution in [0, 0.1) is 28.8 Å².